The summed E-state index contributed by atoms with van der Waals surface area (Å²) >= 11 is 0. The number of rotatable bonds is 13. The molecule has 0 aliphatic carbocycles. The Morgan fingerprint density at radius 2 is 1.62 bits per heavy atom. The average Bonchev–Trinajstić information content (AvgIpc) is 2.73. The second-order valence-corrected chi connectivity index (χ2v) is 6.22. The number of hydrogen-bond donors (Lipinski definition) is 1. The zero-order valence-corrected chi connectivity index (χ0v) is 17.1. The first-order valence-electron chi connectivity index (χ1n) is 9.39. The van der Waals surface area contributed by atoms with E-state index in [1.165, 1.54) is 0 Å². The van der Waals surface area contributed by atoms with Gasteiger partial charge in [0.2, 0.25) is 0 Å². The van der Waals surface area contributed by atoms with E-state index in [0.29, 0.717) is 17.9 Å². The van der Waals surface area contributed by atoms with Gasteiger partial charge in [-0.25, -0.2) is 4.79 Å². The van der Waals surface area contributed by atoms with E-state index >= 15 is 0 Å². The molecule has 0 unspecified atom stereocenters. The van der Waals surface area contributed by atoms with E-state index in [1.54, 1.807) is 14.2 Å². The molecule has 0 aliphatic rings. The molecular weight excluding hydrogens is 376 g/mol. The summed E-state index contributed by atoms with van der Waals surface area (Å²) in [6.07, 6.45) is 1.23. The SMILES string of the molecule is CCc1c(OCOC)cc(OCOC)c(-c2ccccc2)c1CCOCC(=O)O. The van der Waals surface area contributed by atoms with Gasteiger partial charge in [-0.1, -0.05) is 37.3 Å². The summed E-state index contributed by atoms with van der Waals surface area (Å²) < 4.78 is 27.1. The van der Waals surface area contributed by atoms with Crippen LogP contribution in [0.3, 0.4) is 0 Å². The summed E-state index contributed by atoms with van der Waals surface area (Å²) in [5, 5.41) is 8.83. The lowest BCUT2D eigenvalue weighted by atomic mass is 9.90. The van der Waals surface area contributed by atoms with E-state index in [-0.39, 0.29) is 26.8 Å². The maximum absolute atomic E-state index is 10.8. The zero-order valence-electron chi connectivity index (χ0n) is 17.1. The minimum Gasteiger partial charge on any atom is -0.480 e. The predicted octanol–water partition coefficient (Wildman–Crippen LogP) is 3.53. The van der Waals surface area contributed by atoms with E-state index < -0.39 is 5.97 Å². The lowest BCUT2D eigenvalue weighted by Gasteiger charge is -2.22. The van der Waals surface area contributed by atoms with Crippen LogP contribution < -0.4 is 9.47 Å². The van der Waals surface area contributed by atoms with Crippen molar-refractivity contribution >= 4 is 5.97 Å². The van der Waals surface area contributed by atoms with Crippen LogP contribution in [0.5, 0.6) is 11.5 Å². The van der Waals surface area contributed by atoms with Crippen molar-refractivity contribution in [1.82, 2.24) is 0 Å². The highest BCUT2D eigenvalue weighted by molar-refractivity contribution is 5.77. The van der Waals surface area contributed by atoms with Gasteiger partial charge in [0, 0.05) is 25.8 Å². The van der Waals surface area contributed by atoms with Gasteiger partial charge in [-0.3, -0.25) is 0 Å². The number of aliphatic carboxylic acids is 1. The molecule has 2 rings (SSSR count). The van der Waals surface area contributed by atoms with Crippen molar-refractivity contribution in [2.45, 2.75) is 19.8 Å². The molecule has 2 aromatic carbocycles. The summed E-state index contributed by atoms with van der Waals surface area (Å²) in [5.41, 5.74) is 3.90. The molecule has 0 aromatic heterocycles. The van der Waals surface area contributed by atoms with Crippen LogP contribution in [-0.2, 0) is 31.8 Å². The van der Waals surface area contributed by atoms with Crippen molar-refractivity contribution in [2.75, 3.05) is 41.0 Å². The largest absolute Gasteiger partial charge is 0.480 e. The molecule has 2 aromatic rings. The van der Waals surface area contributed by atoms with Crippen molar-refractivity contribution < 1.29 is 33.6 Å². The van der Waals surface area contributed by atoms with Gasteiger partial charge in [-0.15, -0.1) is 0 Å². The molecule has 158 valence electrons. The van der Waals surface area contributed by atoms with E-state index in [0.717, 1.165) is 28.7 Å². The van der Waals surface area contributed by atoms with E-state index in [9.17, 15) is 4.79 Å². The van der Waals surface area contributed by atoms with Gasteiger partial charge in [0.25, 0.3) is 0 Å². The highest BCUT2D eigenvalue weighted by Crippen LogP contribution is 2.41. The minimum absolute atomic E-state index is 0.0873. The van der Waals surface area contributed by atoms with Crippen LogP contribution in [0, 0.1) is 0 Å². The fourth-order valence-electron chi connectivity index (χ4n) is 3.13. The van der Waals surface area contributed by atoms with Crippen molar-refractivity contribution in [2.24, 2.45) is 0 Å². The van der Waals surface area contributed by atoms with Crippen molar-refractivity contribution in [3.05, 3.63) is 47.5 Å². The van der Waals surface area contributed by atoms with Crippen LogP contribution in [-0.4, -0.2) is 52.1 Å². The second kappa shape index (κ2) is 12.1. The predicted molar refractivity (Wildman–Crippen MR) is 108 cm³/mol. The molecule has 1 N–H and O–H groups in total. The normalized spacial score (nSPS) is 10.7. The molecule has 0 saturated carbocycles. The third-order valence-electron chi connectivity index (χ3n) is 4.27. The topological polar surface area (TPSA) is 83.5 Å². The second-order valence-electron chi connectivity index (χ2n) is 6.22. The third kappa shape index (κ3) is 6.45. The molecule has 29 heavy (non-hydrogen) atoms. The summed E-state index contributed by atoms with van der Waals surface area (Å²) in [7, 11) is 3.12. The smallest absolute Gasteiger partial charge is 0.329 e. The summed E-state index contributed by atoms with van der Waals surface area (Å²) in [6.45, 7) is 2.16. The molecule has 0 fully saturated rings. The lowest BCUT2D eigenvalue weighted by Crippen LogP contribution is -2.12. The Kier molecular flexibility index (Phi) is 9.43. The summed E-state index contributed by atoms with van der Waals surface area (Å²) in [4.78, 5) is 10.8. The number of ether oxygens (including phenoxy) is 5. The van der Waals surface area contributed by atoms with Gasteiger partial charge in [0.15, 0.2) is 13.6 Å². The molecule has 0 heterocycles. The maximum atomic E-state index is 10.8. The van der Waals surface area contributed by atoms with E-state index in [1.807, 2.05) is 43.3 Å². The van der Waals surface area contributed by atoms with Crippen molar-refractivity contribution in [3.8, 4) is 22.6 Å². The van der Waals surface area contributed by atoms with Gasteiger partial charge in [-0.2, -0.15) is 0 Å². The molecule has 0 spiro atoms. The number of carbonyl (C=O) groups is 1. The fourth-order valence-corrected chi connectivity index (χ4v) is 3.13. The van der Waals surface area contributed by atoms with Gasteiger partial charge in [-0.05, 0) is 29.5 Å². The Bertz CT molecular complexity index is 774. The Labute approximate surface area is 171 Å². The molecule has 0 aliphatic heterocycles. The minimum atomic E-state index is -0.995. The molecule has 0 amide bonds. The van der Waals surface area contributed by atoms with Crippen LogP contribution >= 0.6 is 0 Å². The average molecular weight is 404 g/mol. The van der Waals surface area contributed by atoms with E-state index in [2.05, 4.69) is 0 Å². The van der Waals surface area contributed by atoms with Crippen molar-refractivity contribution in [3.63, 3.8) is 0 Å². The van der Waals surface area contributed by atoms with Crippen LogP contribution in [0.25, 0.3) is 11.1 Å². The first-order valence-corrected chi connectivity index (χ1v) is 9.39. The zero-order chi connectivity index (χ0) is 21.1. The Hall–Kier alpha value is -2.61. The van der Waals surface area contributed by atoms with Gasteiger partial charge >= 0.3 is 5.97 Å². The van der Waals surface area contributed by atoms with Crippen LogP contribution in [0.4, 0.5) is 0 Å². The lowest BCUT2D eigenvalue weighted by molar-refractivity contribution is -0.142. The first-order chi connectivity index (χ1) is 14.1. The Morgan fingerprint density at radius 1 is 0.966 bits per heavy atom. The van der Waals surface area contributed by atoms with Crippen LogP contribution in [0.2, 0.25) is 0 Å². The Morgan fingerprint density at radius 3 is 2.21 bits per heavy atom. The molecule has 0 atom stereocenters. The van der Waals surface area contributed by atoms with Gasteiger partial charge in [0.05, 0.1) is 6.61 Å². The number of carboxylic acids is 1. The van der Waals surface area contributed by atoms with E-state index in [4.69, 9.17) is 28.8 Å². The van der Waals surface area contributed by atoms with Crippen LogP contribution in [0.15, 0.2) is 36.4 Å². The number of methoxy groups -OCH3 is 2. The molecule has 0 radical (unpaired) electrons. The third-order valence-corrected chi connectivity index (χ3v) is 4.27. The molecular formula is C22H28O7. The number of benzene rings is 2. The quantitative estimate of drug-likeness (QED) is 0.404. The molecule has 0 saturated heterocycles. The van der Waals surface area contributed by atoms with Gasteiger partial charge < -0.3 is 28.8 Å². The monoisotopic (exact) mass is 404 g/mol. The molecule has 0 bridgehead atoms. The Balaban J connectivity index is 2.55. The maximum Gasteiger partial charge on any atom is 0.329 e. The highest BCUT2D eigenvalue weighted by atomic mass is 16.7. The number of hydrogen-bond acceptors (Lipinski definition) is 6. The fraction of sp³-hybridized carbons (Fsp3) is 0.409. The molecule has 7 heteroatoms. The summed E-state index contributed by atoms with van der Waals surface area (Å²) in [6, 6.07) is 11.7. The standard InChI is InChI=1S/C22H28O7/c1-4-17-18(10-11-27-13-21(23)24)22(16-8-6-5-7-9-16)20(29-15-26-3)12-19(17)28-14-25-2/h5-9,12H,4,10-11,13-15H2,1-3H3,(H,23,24). The summed E-state index contributed by atoms with van der Waals surface area (Å²) in [5.74, 6) is 0.285. The number of carboxylic acid groups (broad SMARTS) is 1. The van der Waals surface area contributed by atoms with Crippen LogP contribution in [0.1, 0.15) is 18.1 Å². The first kappa shape index (κ1) is 22.7. The highest BCUT2D eigenvalue weighted by Gasteiger charge is 2.21. The molecule has 7 nitrogen and oxygen atoms in total. The van der Waals surface area contributed by atoms with Crippen molar-refractivity contribution in [1.29, 1.82) is 0 Å². The van der Waals surface area contributed by atoms with Gasteiger partial charge in [0.1, 0.15) is 18.1 Å².